The zero-order chi connectivity index (χ0) is 28.7. The van der Waals surface area contributed by atoms with Gasteiger partial charge >= 0.3 is 0 Å². The molecule has 10 heteroatoms. The summed E-state index contributed by atoms with van der Waals surface area (Å²) >= 11 is 0. The van der Waals surface area contributed by atoms with E-state index in [-0.39, 0.29) is 16.9 Å². The van der Waals surface area contributed by atoms with Crippen LogP contribution in [-0.2, 0) is 13.6 Å². The normalized spacial score (nSPS) is 14.4. The second-order valence-electron chi connectivity index (χ2n) is 10.4. The Kier molecular flexibility index (Phi) is 6.63. The zero-order valence-electron chi connectivity index (χ0n) is 23.2. The van der Waals surface area contributed by atoms with Crippen molar-refractivity contribution >= 4 is 35.4 Å². The Labute approximate surface area is 236 Å². The van der Waals surface area contributed by atoms with Crippen LogP contribution in [0.3, 0.4) is 0 Å². The van der Waals surface area contributed by atoms with Crippen molar-refractivity contribution in [2.45, 2.75) is 45.7 Å². The number of amides is 1. The second-order valence-corrected chi connectivity index (χ2v) is 10.4. The lowest BCUT2D eigenvalue weighted by molar-refractivity contribution is 0.0940. The van der Waals surface area contributed by atoms with E-state index in [1.54, 1.807) is 26.3 Å². The Morgan fingerprint density at radius 2 is 2.05 bits per heavy atom. The monoisotopic (exact) mass is 546 g/mol. The predicted molar refractivity (Wildman–Crippen MR) is 159 cm³/mol. The summed E-state index contributed by atoms with van der Waals surface area (Å²) in [5.41, 5.74) is 10.1. The Morgan fingerprint density at radius 1 is 1.20 bits per heavy atom. The van der Waals surface area contributed by atoms with Crippen molar-refractivity contribution in [2.75, 3.05) is 5.73 Å². The van der Waals surface area contributed by atoms with Gasteiger partial charge in [-0.25, -0.2) is 9.67 Å². The van der Waals surface area contributed by atoms with E-state index in [0.29, 0.717) is 35.4 Å². The van der Waals surface area contributed by atoms with Crippen LogP contribution in [-0.4, -0.2) is 36.2 Å². The number of carbonyl (C=O) groups excluding carboxylic acids is 1. The van der Waals surface area contributed by atoms with Crippen LogP contribution in [0.25, 0.3) is 17.3 Å². The third-order valence-electron chi connectivity index (χ3n) is 7.30. The molecule has 1 atom stereocenters. The van der Waals surface area contributed by atoms with Crippen LogP contribution in [0, 0.1) is 18.8 Å². The fourth-order valence-electron chi connectivity index (χ4n) is 5.37. The first kappa shape index (κ1) is 26.1. The average molecular weight is 547 g/mol. The predicted octanol–water partition coefficient (Wildman–Crippen LogP) is 2.03. The Morgan fingerprint density at radius 3 is 2.83 bits per heavy atom. The van der Waals surface area contributed by atoms with Crippen LogP contribution in [0.2, 0.25) is 0 Å². The minimum absolute atomic E-state index is 0.130. The fourth-order valence-corrected chi connectivity index (χ4v) is 5.37. The number of nitrogens with one attached hydrogen (secondary N) is 1. The number of hydrogen-bond acceptors (Lipinski definition) is 6. The number of fused-ring (bicyclic) bond motifs is 2. The molecule has 4 aromatic rings. The maximum Gasteiger partial charge on any atom is 0.264 e. The third kappa shape index (κ3) is 4.87. The van der Waals surface area contributed by atoms with Crippen molar-refractivity contribution in [1.82, 2.24) is 29.4 Å². The lowest BCUT2D eigenvalue weighted by Gasteiger charge is -2.21. The van der Waals surface area contributed by atoms with Crippen molar-refractivity contribution in [1.29, 1.82) is 0 Å². The molecule has 3 aromatic heterocycles. The van der Waals surface area contributed by atoms with Gasteiger partial charge in [-0.1, -0.05) is 30.0 Å². The maximum atomic E-state index is 14.3. The van der Waals surface area contributed by atoms with Gasteiger partial charge in [0.2, 0.25) is 0 Å². The van der Waals surface area contributed by atoms with E-state index < -0.39 is 11.9 Å². The maximum absolute atomic E-state index is 14.3. The first-order valence-electron chi connectivity index (χ1n) is 13.6. The number of rotatable bonds is 4. The average Bonchev–Trinajstić information content (AvgIpc) is 3.52. The lowest BCUT2D eigenvalue weighted by atomic mass is 9.99. The van der Waals surface area contributed by atoms with E-state index in [9.17, 15) is 9.59 Å². The fraction of sp³-hybridized carbons (Fsp3) is 0.258. The summed E-state index contributed by atoms with van der Waals surface area (Å²) in [4.78, 5) is 32.2. The Hall–Kier alpha value is -5.17. The molecule has 0 unspecified atom stereocenters. The van der Waals surface area contributed by atoms with E-state index in [2.05, 4.69) is 38.4 Å². The van der Waals surface area contributed by atoms with Gasteiger partial charge in [0, 0.05) is 49.4 Å². The Balaban J connectivity index is 1.49. The summed E-state index contributed by atoms with van der Waals surface area (Å²) in [5, 5.41) is 12.9. The minimum Gasteiger partial charge on any atom is -0.381 e. The molecule has 3 N–H and O–H groups in total. The number of nitrogens with two attached hydrogens (primary N) is 1. The molecule has 206 valence electrons. The molecule has 0 saturated carbocycles. The van der Waals surface area contributed by atoms with Crippen molar-refractivity contribution in [2.24, 2.45) is 12.0 Å². The summed E-state index contributed by atoms with van der Waals surface area (Å²) in [7, 11) is 1.84. The molecule has 0 radical (unpaired) electrons. The highest BCUT2D eigenvalue weighted by Crippen LogP contribution is 2.28. The van der Waals surface area contributed by atoms with Crippen LogP contribution in [0.5, 0.6) is 0 Å². The number of nitrogens with zero attached hydrogens (tertiary/aromatic N) is 6. The van der Waals surface area contributed by atoms with Gasteiger partial charge in [0.25, 0.3) is 11.5 Å². The molecule has 1 amide bonds. The number of benzene rings is 1. The molecule has 1 aliphatic heterocycles. The highest BCUT2D eigenvalue weighted by atomic mass is 16.2. The quantitative estimate of drug-likeness (QED) is 0.379. The number of nitrogen functional groups attached to an aromatic ring is 1. The summed E-state index contributed by atoms with van der Waals surface area (Å²) in [6, 6.07) is 9.19. The minimum atomic E-state index is -0.538. The first-order valence-corrected chi connectivity index (χ1v) is 13.6. The molecule has 1 aliphatic carbocycles. The molecule has 4 heterocycles. The number of pyridine rings is 1. The number of aliphatic imine (C=N–C) groups is 1. The van der Waals surface area contributed by atoms with Crippen molar-refractivity contribution in [3.63, 3.8) is 0 Å². The number of aryl methyl sites for hydroxylation is 3. The second kappa shape index (κ2) is 10.4. The largest absolute Gasteiger partial charge is 0.381 e. The molecule has 41 heavy (non-hydrogen) atoms. The first-order chi connectivity index (χ1) is 19.8. The van der Waals surface area contributed by atoms with E-state index in [4.69, 9.17) is 5.73 Å². The summed E-state index contributed by atoms with van der Waals surface area (Å²) < 4.78 is 5.02. The van der Waals surface area contributed by atoms with Gasteiger partial charge in [-0.05, 0) is 55.7 Å². The molecular weight excluding hydrogens is 516 g/mol. The van der Waals surface area contributed by atoms with Crippen LogP contribution in [0.4, 0.5) is 11.6 Å². The number of anilines is 1. The van der Waals surface area contributed by atoms with Gasteiger partial charge < -0.3 is 11.1 Å². The van der Waals surface area contributed by atoms with E-state index in [1.807, 2.05) is 57.4 Å². The van der Waals surface area contributed by atoms with Crippen molar-refractivity contribution in [3.05, 3.63) is 85.9 Å². The van der Waals surface area contributed by atoms with Crippen molar-refractivity contribution < 1.29 is 4.79 Å². The van der Waals surface area contributed by atoms with Crippen LogP contribution in [0.1, 0.15) is 59.4 Å². The van der Waals surface area contributed by atoms with Gasteiger partial charge in [0.15, 0.2) is 11.6 Å². The Bertz CT molecular complexity index is 1980. The third-order valence-corrected chi connectivity index (χ3v) is 7.30. The zero-order valence-corrected chi connectivity index (χ0v) is 23.2. The van der Waals surface area contributed by atoms with Gasteiger partial charge in [-0.15, -0.1) is 0 Å². The molecule has 2 aliphatic rings. The van der Waals surface area contributed by atoms with E-state index >= 15 is 0 Å². The molecular formula is C31H30N8O2. The van der Waals surface area contributed by atoms with E-state index in [1.165, 1.54) is 0 Å². The molecule has 0 bridgehead atoms. The van der Waals surface area contributed by atoms with Crippen LogP contribution >= 0.6 is 0 Å². The van der Waals surface area contributed by atoms with E-state index in [0.717, 1.165) is 34.8 Å². The standard InChI is InChI=1S/C31H30N8O2/c1-19-7-4-10-24(15-19)39-25(20(2)35-30(40)27-28(32)36-38-14-6-13-33-29(27)38)16-23-9-5-8-22(26(23)31(39)41)12-11-21-17-34-37(3)18-21/h4,7,9-10,13,15-18,20H,5-6,8,14H2,1-3H3,(H2,32,36)(H,35,40)/t20-/m0/s1. The summed E-state index contributed by atoms with van der Waals surface area (Å²) in [5.74, 6) is 6.59. The van der Waals surface area contributed by atoms with Gasteiger partial charge in [-0.3, -0.25) is 18.8 Å². The molecule has 6 rings (SSSR count). The molecule has 0 fully saturated rings. The van der Waals surface area contributed by atoms with Crippen molar-refractivity contribution in [3.8, 4) is 17.5 Å². The molecule has 1 aromatic carbocycles. The summed E-state index contributed by atoms with van der Waals surface area (Å²) in [6.07, 6.45) is 9.53. The molecule has 0 saturated heterocycles. The van der Waals surface area contributed by atoms with Gasteiger partial charge in [0.05, 0.1) is 23.0 Å². The van der Waals surface area contributed by atoms with Gasteiger partial charge in [0.1, 0.15) is 5.56 Å². The van der Waals surface area contributed by atoms with Crippen LogP contribution < -0.4 is 27.0 Å². The van der Waals surface area contributed by atoms with Crippen LogP contribution in [0.15, 0.2) is 52.5 Å². The topological polar surface area (TPSA) is 125 Å². The number of aromatic nitrogens is 5. The SMILES string of the molecule is Cc1cccc(-n2c([C@H](C)NC(=O)c3c(N)nn4c3N=CCC4)cc3c(c2=O)=C(C#Cc2cnn(C)c2)CCC=3)c1. The molecule has 10 nitrogen and oxygen atoms in total. The summed E-state index contributed by atoms with van der Waals surface area (Å²) in [6.45, 7) is 4.45. The van der Waals surface area contributed by atoms with Gasteiger partial charge in [-0.2, -0.15) is 10.2 Å². The highest BCUT2D eigenvalue weighted by molar-refractivity contribution is 6.03. The smallest absolute Gasteiger partial charge is 0.264 e. The number of carbonyl (C=O) groups is 1. The lowest BCUT2D eigenvalue weighted by Crippen LogP contribution is -2.49. The molecule has 0 spiro atoms. The highest BCUT2D eigenvalue weighted by Gasteiger charge is 2.26. The number of hydrogen-bond donors (Lipinski definition) is 2.